The van der Waals surface area contributed by atoms with Gasteiger partial charge in [0.25, 0.3) is 0 Å². The Labute approximate surface area is 120 Å². The van der Waals surface area contributed by atoms with E-state index in [0.717, 1.165) is 6.92 Å². The fourth-order valence-electron chi connectivity index (χ4n) is 1.56. The maximum Gasteiger partial charge on any atom is 0.339 e. The summed E-state index contributed by atoms with van der Waals surface area (Å²) in [6, 6.07) is 2.63. The molecule has 8 nitrogen and oxygen atoms in total. The Morgan fingerprint density at radius 3 is 2.10 bits per heavy atom. The Morgan fingerprint density at radius 1 is 1.29 bits per heavy atom. The van der Waals surface area contributed by atoms with Crippen molar-refractivity contribution >= 4 is 12.3 Å². The molecule has 0 aliphatic heterocycles. The van der Waals surface area contributed by atoms with Gasteiger partial charge in [-0.15, -0.1) is 0 Å². The first-order valence-electron chi connectivity index (χ1n) is 5.80. The minimum Gasteiger partial charge on any atom is -0.493 e. The monoisotopic (exact) mass is 300 g/mol. The summed E-state index contributed by atoms with van der Waals surface area (Å²) in [5.41, 5.74) is 0.231. The minimum atomic E-state index is -2.44. The van der Waals surface area contributed by atoms with Crippen LogP contribution in [0.2, 0.25) is 0 Å². The van der Waals surface area contributed by atoms with Gasteiger partial charge in [0.2, 0.25) is 17.6 Å². The average molecular weight is 300 g/mol. The van der Waals surface area contributed by atoms with Crippen LogP contribution in [-0.4, -0.2) is 53.7 Å². The summed E-state index contributed by atoms with van der Waals surface area (Å²) in [5, 5.41) is 28.1. The predicted octanol–water partition coefficient (Wildman–Crippen LogP) is 0.0491. The van der Waals surface area contributed by atoms with Crippen LogP contribution in [0.5, 0.6) is 17.2 Å². The van der Waals surface area contributed by atoms with Gasteiger partial charge in [-0.05, 0) is 12.1 Å². The third-order valence-corrected chi connectivity index (χ3v) is 2.67. The summed E-state index contributed by atoms with van der Waals surface area (Å²) in [4.78, 5) is 21.6. The summed E-state index contributed by atoms with van der Waals surface area (Å²) >= 11 is 0. The van der Waals surface area contributed by atoms with Gasteiger partial charge in [-0.3, -0.25) is 4.79 Å². The molecule has 0 aliphatic carbocycles. The zero-order valence-electron chi connectivity index (χ0n) is 11.7. The normalized spacial score (nSPS) is 14.7. The largest absolute Gasteiger partial charge is 0.493 e. The number of aliphatic hydroxyl groups is 2. The van der Waals surface area contributed by atoms with Crippen LogP contribution in [0.3, 0.4) is 0 Å². The Kier molecular flexibility index (Phi) is 5.12. The SMILES string of the molecule is COc1cc(C=O)cc(OC)c1OC(C)(O)C(O)C(=O)O. The molecule has 1 aromatic rings. The van der Waals surface area contributed by atoms with Crippen LogP contribution in [0.25, 0.3) is 0 Å². The Bertz CT molecular complexity index is 512. The molecule has 8 heteroatoms. The van der Waals surface area contributed by atoms with E-state index in [9.17, 15) is 19.8 Å². The molecule has 0 spiro atoms. The predicted molar refractivity (Wildman–Crippen MR) is 69.8 cm³/mol. The number of hydrogen-bond acceptors (Lipinski definition) is 7. The van der Waals surface area contributed by atoms with Crippen molar-refractivity contribution in [2.45, 2.75) is 18.8 Å². The van der Waals surface area contributed by atoms with E-state index in [1.807, 2.05) is 0 Å². The maximum absolute atomic E-state index is 10.8. The molecular formula is C13H16O8. The molecule has 2 atom stereocenters. The minimum absolute atomic E-state index is 0.0364. The van der Waals surface area contributed by atoms with E-state index in [1.54, 1.807) is 0 Å². The van der Waals surface area contributed by atoms with E-state index in [1.165, 1.54) is 26.4 Å². The van der Waals surface area contributed by atoms with Crippen molar-refractivity contribution in [1.82, 2.24) is 0 Å². The molecule has 0 radical (unpaired) electrons. The number of aldehydes is 1. The first-order valence-corrected chi connectivity index (χ1v) is 5.80. The smallest absolute Gasteiger partial charge is 0.339 e. The highest BCUT2D eigenvalue weighted by atomic mass is 16.7. The van der Waals surface area contributed by atoms with E-state index >= 15 is 0 Å². The molecule has 1 rings (SSSR count). The summed E-state index contributed by atoms with van der Waals surface area (Å²) in [7, 11) is 2.58. The number of aliphatic carboxylic acids is 1. The lowest BCUT2D eigenvalue weighted by atomic mass is 10.1. The van der Waals surface area contributed by atoms with Crippen LogP contribution in [0.4, 0.5) is 0 Å². The van der Waals surface area contributed by atoms with Gasteiger partial charge in [-0.2, -0.15) is 0 Å². The lowest BCUT2D eigenvalue weighted by molar-refractivity contribution is -0.206. The second-order valence-electron chi connectivity index (χ2n) is 4.27. The highest BCUT2D eigenvalue weighted by molar-refractivity contribution is 5.78. The van der Waals surface area contributed by atoms with Gasteiger partial charge in [0.15, 0.2) is 11.5 Å². The third-order valence-electron chi connectivity index (χ3n) is 2.67. The molecule has 0 saturated carbocycles. The standard InChI is InChI=1S/C13H16O8/c1-13(18,11(15)12(16)17)21-10-8(19-2)4-7(6-14)5-9(10)20-3/h4-6,11,15,18H,1-3H3,(H,16,17). The molecule has 0 saturated heterocycles. The summed E-state index contributed by atoms with van der Waals surface area (Å²) in [6.07, 6.45) is -1.64. The number of ether oxygens (including phenoxy) is 3. The number of methoxy groups -OCH3 is 2. The van der Waals surface area contributed by atoms with Gasteiger partial charge in [0, 0.05) is 12.5 Å². The second-order valence-corrected chi connectivity index (χ2v) is 4.27. The highest BCUT2D eigenvalue weighted by Crippen LogP contribution is 2.40. The fraction of sp³-hybridized carbons (Fsp3) is 0.385. The second kappa shape index (κ2) is 6.42. The first-order chi connectivity index (χ1) is 9.76. The summed E-state index contributed by atoms with van der Waals surface area (Å²) in [5.74, 6) is -4.17. The van der Waals surface area contributed by atoms with Gasteiger partial charge in [0.05, 0.1) is 14.2 Å². The zero-order chi connectivity index (χ0) is 16.2. The first kappa shape index (κ1) is 16.7. The summed E-state index contributed by atoms with van der Waals surface area (Å²) in [6.45, 7) is 0.971. The van der Waals surface area contributed by atoms with Crippen molar-refractivity contribution in [1.29, 1.82) is 0 Å². The number of benzene rings is 1. The van der Waals surface area contributed by atoms with Gasteiger partial charge in [-0.1, -0.05) is 0 Å². The number of hydrogen-bond donors (Lipinski definition) is 3. The molecule has 0 fully saturated rings. The Morgan fingerprint density at radius 2 is 1.76 bits per heavy atom. The van der Waals surface area contributed by atoms with Crippen molar-refractivity contribution in [3.8, 4) is 17.2 Å². The van der Waals surface area contributed by atoms with Crippen LogP contribution in [0, 0.1) is 0 Å². The van der Waals surface area contributed by atoms with Crippen molar-refractivity contribution in [2.24, 2.45) is 0 Å². The van der Waals surface area contributed by atoms with Gasteiger partial charge >= 0.3 is 5.97 Å². The lowest BCUT2D eigenvalue weighted by Gasteiger charge is -2.28. The molecule has 0 bridgehead atoms. The number of carbonyl (C=O) groups is 2. The van der Waals surface area contributed by atoms with Crippen molar-refractivity contribution < 1.29 is 39.1 Å². The van der Waals surface area contributed by atoms with Crippen LogP contribution in [0.15, 0.2) is 12.1 Å². The van der Waals surface area contributed by atoms with E-state index < -0.39 is 17.9 Å². The molecule has 0 aliphatic rings. The van der Waals surface area contributed by atoms with E-state index in [-0.39, 0.29) is 22.8 Å². The Balaban J connectivity index is 3.29. The molecular weight excluding hydrogens is 284 g/mol. The van der Waals surface area contributed by atoms with Crippen LogP contribution < -0.4 is 14.2 Å². The topological polar surface area (TPSA) is 123 Å². The third kappa shape index (κ3) is 3.61. The molecule has 0 aromatic heterocycles. The Hall–Kier alpha value is -2.32. The van der Waals surface area contributed by atoms with Crippen LogP contribution >= 0.6 is 0 Å². The quantitative estimate of drug-likeness (QED) is 0.477. The molecule has 3 N–H and O–H groups in total. The number of carboxylic acids is 1. The van der Waals surface area contributed by atoms with Crippen LogP contribution in [0.1, 0.15) is 17.3 Å². The number of rotatable bonds is 7. The van der Waals surface area contributed by atoms with E-state index in [4.69, 9.17) is 19.3 Å². The highest BCUT2D eigenvalue weighted by Gasteiger charge is 2.40. The van der Waals surface area contributed by atoms with Crippen molar-refractivity contribution in [2.75, 3.05) is 14.2 Å². The van der Waals surface area contributed by atoms with E-state index in [2.05, 4.69) is 0 Å². The van der Waals surface area contributed by atoms with E-state index in [0.29, 0.717) is 6.29 Å². The van der Waals surface area contributed by atoms with Crippen molar-refractivity contribution in [3.63, 3.8) is 0 Å². The van der Waals surface area contributed by atoms with Gasteiger partial charge < -0.3 is 29.5 Å². The van der Waals surface area contributed by atoms with Gasteiger partial charge in [-0.25, -0.2) is 4.79 Å². The average Bonchev–Trinajstić information content (AvgIpc) is 2.45. The molecule has 0 heterocycles. The fourth-order valence-corrected chi connectivity index (χ4v) is 1.56. The molecule has 0 amide bonds. The van der Waals surface area contributed by atoms with Gasteiger partial charge in [0.1, 0.15) is 6.29 Å². The zero-order valence-corrected chi connectivity index (χ0v) is 11.7. The maximum atomic E-state index is 10.8. The molecule has 1 aromatic carbocycles. The van der Waals surface area contributed by atoms with Crippen LogP contribution in [-0.2, 0) is 4.79 Å². The number of carboxylic acid groups (broad SMARTS) is 1. The van der Waals surface area contributed by atoms with Crippen molar-refractivity contribution in [3.05, 3.63) is 17.7 Å². The number of carbonyl (C=O) groups excluding carboxylic acids is 1. The lowest BCUT2D eigenvalue weighted by Crippen LogP contribution is -2.49. The number of aliphatic hydroxyl groups excluding tert-OH is 1. The summed E-state index contributed by atoms with van der Waals surface area (Å²) < 4.78 is 15.2. The molecule has 21 heavy (non-hydrogen) atoms. The molecule has 116 valence electrons. The molecule has 2 unspecified atom stereocenters.